The first-order valence-electron chi connectivity index (χ1n) is 6.32. The van der Waals surface area contributed by atoms with Gasteiger partial charge in [0.05, 0.1) is 11.2 Å². The van der Waals surface area contributed by atoms with E-state index in [1.807, 2.05) is 0 Å². The number of pyridine rings is 1. The molecular formula is C13H17BrClN3O. The van der Waals surface area contributed by atoms with Crippen molar-refractivity contribution >= 4 is 39.1 Å². The fourth-order valence-electron chi connectivity index (χ4n) is 2.56. The van der Waals surface area contributed by atoms with Crippen LogP contribution in [0, 0.1) is 5.92 Å². The summed E-state index contributed by atoms with van der Waals surface area (Å²) in [5.41, 5.74) is 5.93. The van der Waals surface area contributed by atoms with E-state index in [-0.39, 0.29) is 11.1 Å². The Kier molecular flexibility index (Phi) is 4.48. The van der Waals surface area contributed by atoms with Crippen molar-refractivity contribution < 1.29 is 4.79 Å². The zero-order valence-electron chi connectivity index (χ0n) is 10.7. The molecule has 104 valence electrons. The van der Waals surface area contributed by atoms with Crippen LogP contribution in [-0.4, -0.2) is 16.4 Å². The van der Waals surface area contributed by atoms with Gasteiger partial charge in [0.25, 0.3) is 0 Å². The third-order valence-electron chi connectivity index (χ3n) is 3.54. The molecule has 1 aromatic heterocycles. The third-order valence-corrected chi connectivity index (χ3v) is 4.27. The number of amides is 1. The molecule has 0 aromatic carbocycles. The Bertz CT molecular complexity index is 497. The van der Waals surface area contributed by atoms with E-state index in [9.17, 15) is 4.79 Å². The largest absolute Gasteiger partial charge is 0.322 e. The van der Waals surface area contributed by atoms with E-state index in [0.717, 1.165) is 17.3 Å². The molecule has 0 saturated heterocycles. The van der Waals surface area contributed by atoms with Crippen LogP contribution in [0.2, 0.25) is 5.15 Å². The Labute approximate surface area is 126 Å². The number of rotatable bonds is 2. The van der Waals surface area contributed by atoms with E-state index in [1.54, 1.807) is 12.3 Å². The zero-order chi connectivity index (χ0) is 14.0. The first-order valence-corrected chi connectivity index (χ1v) is 7.49. The van der Waals surface area contributed by atoms with E-state index in [0.29, 0.717) is 24.4 Å². The molecule has 1 fully saturated rings. The second-order valence-electron chi connectivity index (χ2n) is 5.30. The minimum Gasteiger partial charge on any atom is -0.322 e. The lowest BCUT2D eigenvalue weighted by Gasteiger charge is -2.35. The van der Waals surface area contributed by atoms with Crippen LogP contribution < -0.4 is 11.1 Å². The molecule has 2 unspecified atom stereocenters. The maximum Gasteiger partial charge on any atom is 0.244 e. The van der Waals surface area contributed by atoms with Gasteiger partial charge in [0.15, 0.2) is 5.15 Å². The van der Waals surface area contributed by atoms with Gasteiger partial charge in [-0.2, -0.15) is 0 Å². The molecule has 1 saturated carbocycles. The highest BCUT2D eigenvalue weighted by Crippen LogP contribution is 2.32. The normalized spacial score (nSPS) is 27.1. The van der Waals surface area contributed by atoms with Crippen LogP contribution in [0.25, 0.3) is 0 Å². The van der Waals surface area contributed by atoms with E-state index in [1.165, 1.54) is 0 Å². The van der Waals surface area contributed by atoms with E-state index in [4.69, 9.17) is 17.3 Å². The topological polar surface area (TPSA) is 68.0 Å². The predicted molar refractivity (Wildman–Crippen MR) is 80.1 cm³/mol. The van der Waals surface area contributed by atoms with Gasteiger partial charge in [0.2, 0.25) is 5.91 Å². The van der Waals surface area contributed by atoms with Crippen molar-refractivity contribution in [1.82, 2.24) is 4.98 Å². The number of carbonyl (C=O) groups excluding carboxylic acids is 1. The lowest BCUT2D eigenvalue weighted by atomic mass is 9.76. The van der Waals surface area contributed by atoms with E-state index in [2.05, 4.69) is 33.2 Å². The second-order valence-corrected chi connectivity index (χ2v) is 6.58. The van der Waals surface area contributed by atoms with Crippen molar-refractivity contribution in [3.63, 3.8) is 0 Å². The molecule has 1 amide bonds. The first-order chi connectivity index (χ1) is 8.90. The molecule has 1 aliphatic carbocycles. The van der Waals surface area contributed by atoms with E-state index < -0.39 is 5.54 Å². The molecule has 0 radical (unpaired) electrons. The summed E-state index contributed by atoms with van der Waals surface area (Å²) in [6.45, 7) is 2.13. The highest BCUT2D eigenvalue weighted by Gasteiger charge is 2.38. The number of hydrogen-bond donors (Lipinski definition) is 2. The Hall–Kier alpha value is -0.650. The van der Waals surface area contributed by atoms with Crippen LogP contribution in [0.4, 0.5) is 5.69 Å². The molecule has 1 heterocycles. The summed E-state index contributed by atoms with van der Waals surface area (Å²) in [4.78, 5) is 16.3. The van der Waals surface area contributed by atoms with Crippen molar-refractivity contribution in [2.45, 2.75) is 38.1 Å². The van der Waals surface area contributed by atoms with Crippen molar-refractivity contribution in [3.8, 4) is 0 Å². The quantitative estimate of drug-likeness (QED) is 0.807. The molecule has 1 aromatic rings. The molecule has 1 aliphatic rings. The van der Waals surface area contributed by atoms with Gasteiger partial charge in [-0.25, -0.2) is 4.98 Å². The van der Waals surface area contributed by atoms with Crippen LogP contribution >= 0.6 is 27.5 Å². The van der Waals surface area contributed by atoms with Crippen molar-refractivity contribution in [2.75, 3.05) is 5.32 Å². The van der Waals surface area contributed by atoms with Gasteiger partial charge in [-0.15, -0.1) is 0 Å². The number of carbonyl (C=O) groups is 1. The van der Waals surface area contributed by atoms with E-state index >= 15 is 0 Å². The lowest BCUT2D eigenvalue weighted by molar-refractivity contribution is -0.122. The molecule has 3 N–H and O–H groups in total. The SMILES string of the molecule is CC1CCCC(N)(C(=O)Nc2cc(Br)cnc2Cl)C1. The summed E-state index contributed by atoms with van der Waals surface area (Å²) >= 11 is 9.27. The van der Waals surface area contributed by atoms with Gasteiger partial charge in [-0.05, 0) is 40.8 Å². The van der Waals surface area contributed by atoms with Gasteiger partial charge in [0, 0.05) is 10.7 Å². The number of nitrogens with zero attached hydrogens (tertiary/aromatic N) is 1. The highest BCUT2D eigenvalue weighted by atomic mass is 79.9. The smallest absolute Gasteiger partial charge is 0.244 e. The summed E-state index contributed by atoms with van der Waals surface area (Å²) < 4.78 is 0.760. The summed E-state index contributed by atoms with van der Waals surface area (Å²) in [6.07, 6.45) is 5.11. The maximum absolute atomic E-state index is 12.4. The third kappa shape index (κ3) is 3.46. The zero-order valence-corrected chi connectivity index (χ0v) is 13.1. The number of aromatic nitrogens is 1. The summed E-state index contributed by atoms with van der Waals surface area (Å²) in [5.74, 6) is 0.293. The number of nitrogens with two attached hydrogens (primary N) is 1. The molecule has 0 bridgehead atoms. The first kappa shape index (κ1) is 14.8. The summed E-state index contributed by atoms with van der Waals surface area (Å²) in [6, 6.07) is 1.73. The van der Waals surface area contributed by atoms with Gasteiger partial charge in [0.1, 0.15) is 0 Å². The van der Waals surface area contributed by atoms with Crippen molar-refractivity contribution in [2.24, 2.45) is 11.7 Å². The minimum atomic E-state index is -0.802. The van der Waals surface area contributed by atoms with Crippen LogP contribution in [-0.2, 0) is 4.79 Å². The number of nitrogens with one attached hydrogen (secondary N) is 1. The van der Waals surface area contributed by atoms with Crippen LogP contribution in [0.5, 0.6) is 0 Å². The molecular weight excluding hydrogens is 330 g/mol. The summed E-state index contributed by atoms with van der Waals surface area (Å²) in [7, 11) is 0. The molecule has 4 nitrogen and oxygen atoms in total. The summed E-state index contributed by atoms with van der Waals surface area (Å²) in [5, 5.41) is 3.06. The average Bonchev–Trinajstić information content (AvgIpc) is 2.33. The van der Waals surface area contributed by atoms with Crippen molar-refractivity contribution in [1.29, 1.82) is 0 Å². The number of hydrogen-bond acceptors (Lipinski definition) is 3. The molecule has 19 heavy (non-hydrogen) atoms. The lowest BCUT2D eigenvalue weighted by Crippen LogP contribution is -2.53. The Balaban J connectivity index is 2.14. The molecule has 0 spiro atoms. The van der Waals surface area contributed by atoms with Crippen LogP contribution in [0.1, 0.15) is 32.6 Å². The molecule has 0 aliphatic heterocycles. The fraction of sp³-hybridized carbons (Fsp3) is 0.538. The number of halogens is 2. The highest BCUT2D eigenvalue weighted by molar-refractivity contribution is 9.10. The van der Waals surface area contributed by atoms with Crippen LogP contribution in [0.15, 0.2) is 16.7 Å². The van der Waals surface area contributed by atoms with Gasteiger partial charge < -0.3 is 11.1 Å². The Morgan fingerprint density at radius 2 is 2.42 bits per heavy atom. The predicted octanol–water partition coefficient (Wildman–Crippen LogP) is 3.34. The van der Waals surface area contributed by atoms with Gasteiger partial charge in [-0.1, -0.05) is 31.4 Å². The fourth-order valence-corrected chi connectivity index (χ4v) is 3.04. The minimum absolute atomic E-state index is 0.180. The Morgan fingerprint density at radius 1 is 1.68 bits per heavy atom. The number of anilines is 1. The standard InChI is InChI=1S/C13H17BrClN3O/c1-8-3-2-4-13(16,6-8)12(19)18-10-5-9(14)7-17-11(10)15/h5,7-8H,2-4,6,16H2,1H3,(H,18,19). The average molecular weight is 347 g/mol. The molecule has 2 rings (SSSR count). The van der Waals surface area contributed by atoms with Gasteiger partial charge in [-0.3, -0.25) is 4.79 Å². The second kappa shape index (κ2) is 5.77. The monoisotopic (exact) mass is 345 g/mol. The maximum atomic E-state index is 12.4. The van der Waals surface area contributed by atoms with Gasteiger partial charge >= 0.3 is 0 Å². The van der Waals surface area contributed by atoms with Crippen molar-refractivity contribution in [3.05, 3.63) is 21.9 Å². The van der Waals surface area contributed by atoms with Crippen LogP contribution in [0.3, 0.4) is 0 Å². The Morgan fingerprint density at radius 3 is 3.11 bits per heavy atom. The molecule has 6 heteroatoms. The molecule has 2 atom stereocenters.